The molecule has 8 heteroatoms. The Bertz CT molecular complexity index is 903. The van der Waals surface area contributed by atoms with Gasteiger partial charge in [0, 0.05) is 12.3 Å². The topological polar surface area (TPSA) is 102 Å². The van der Waals surface area contributed by atoms with E-state index in [2.05, 4.69) is 5.32 Å². The van der Waals surface area contributed by atoms with E-state index in [9.17, 15) is 19.2 Å². The quantitative estimate of drug-likeness (QED) is 0.417. The molecule has 2 aromatic rings. The molecule has 0 aliphatic carbocycles. The minimum atomic E-state index is -0.522. The standard InChI is InChI=1S/C21H20N2O6/c1-2-28-11-12-29-21(27)14-7-9-15(10-8-14)22-18(24)13-23-19(25)16-5-3-4-6-17(16)20(23)26/h3-10H,2,11-13H2,1H3,(H,22,24). The van der Waals surface area contributed by atoms with Gasteiger partial charge in [-0.2, -0.15) is 0 Å². The summed E-state index contributed by atoms with van der Waals surface area (Å²) in [4.78, 5) is 49.7. The van der Waals surface area contributed by atoms with Crippen LogP contribution in [-0.2, 0) is 14.3 Å². The first-order chi connectivity index (χ1) is 14.0. The fraction of sp³-hybridized carbons (Fsp3) is 0.238. The summed E-state index contributed by atoms with van der Waals surface area (Å²) in [6, 6.07) is 12.5. The number of fused-ring (bicyclic) bond motifs is 1. The molecule has 1 N–H and O–H groups in total. The number of hydrogen-bond donors (Lipinski definition) is 1. The number of benzene rings is 2. The highest BCUT2D eigenvalue weighted by Gasteiger charge is 2.36. The number of carbonyl (C=O) groups is 4. The average molecular weight is 396 g/mol. The van der Waals surface area contributed by atoms with Crippen molar-refractivity contribution in [1.82, 2.24) is 4.90 Å². The minimum Gasteiger partial charge on any atom is -0.460 e. The van der Waals surface area contributed by atoms with E-state index >= 15 is 0 Å². The van der Waals surface area contributed by atoms with Crippen LogP contribution in [-0.4, -0.2) is 55.0 Å². The lowest BCUT2D eigenvalue weighted by atomic mass is 10.1. The lowest BCUT2D eigenvalue weighted by Gasteiger charge is -2.13. The molecule has 8 nitrogen and oxygen atoms in total. The van der Waals surface area contributed by atoms with E-state index in [1.165, 1.54) is 12.1 Å². The molecule has 29 heavy (non-hydrogen) atoms. The van der Waals surface area contributed by atoms with Gasteiger partial charge in [0.2, 0.25) is 5.91 Å². The van der Waals surface area contributed by atoms with Crippen LogP contribution >= 0.6 is 0 Å². The number of nitrogens with one attached hydrogen (secondary N) is 1. The van der Waals surface area contributed by atoms with Crippen molar-refractivity contribution in [1.29, 1.82) is 0 Å². The van der Waals surface area contributed by atoms with Crippen LogP contribution < -0.4 is 5.32 Å². The smallest absolute Gasteiger partial charge is 0.338 e. The number of amides is 3. The van der Waals surface area contributed by atoms with E-state index in [1.54, 1.807) is 36.4 Å². The molecule has 3 rings (SSSR count). The van der Waals surface area contributed by atoms with E-state index in [0.29, 0.717) is 24.5 Å². The molecule has 0 saturated heterocycles. The zero-order valence-electron chi connectivity index (χ0n) is 15.8. The molecule has 0 saturated carbocycles. The number of esters is 1. The van der Waals surface area contributed by atoms with E-state index in [4.69, 9.17) is 9.47 Å². The SMILES string of the molecule is CCOCCOC(=O)c1ccc(NC(=O)CN2C(=O)c3ccccc3C2=O)cc1. The molecule has 0 unspecified atom stereocenters. The highest BCUT2D eigenvalue weighted by molar-refractivity contribution is 6.22. The molecular formula is C21H20N2O6. The zero-order valence-corrected chi connectivity index (χ0v) is 15.8. The maximum atomic E-state index is 12.3. The summed E-state index contributed by atoms with van der Waals surface area (Å²) in [5.74, 6) is -2.00. The molecule has 0 bridgehead atoms. The Morgan fingerprint density at radius 1 is 0.931 bits per heavy atom. The van der Waals surface area contributed by atoms with Gasteiger partial charge in [0.25, 0.3) is 11.8 Å². The summed E-state index contributed by atoms with van der Waals surface area (Å²) < 4.78 is 10.2. The van der Waals surface area contributed by atoms with Crippen molar-refractivity contribution >= 4 is 29.4 Å². The zero-order chi connectivity index (χ0) is 20.8. The summed E-state index contributed by atoms with van der Waals surface area (Å²) in [7, 11) is 0. The number of ether oxygens (including phenoxy) is 2. The number of imide groups is 1. The molecule has 2 aromatic carbocycles. The largest absolute Gasteiger partial charge is 0.460 e. The molecule has 150 valence electrons. The van der Waals surface area contributed by atoms with Crippen molar-refractivity contribution in [3.05, 3.63) is 65.2 Å². The third-order valence-electron chi connectivity index (χ3n) is 4.25. The number of rotatable bonds is 8. The van der Waals surface area contributed by atoms with Gasteiger partial charge < -0.3 is 14.8 Å². The first-order valence-electron chi connectivity index (χ1n) is 9.11. The molecule has 0 radical (unpaired) electrons. The second-order valence-electron chi connectivity index (χ2n) is 6.20. The fourth-order valence-corrected chi connectivity index (χ4v) is 2.84. The summed E-state index contributed by atoms with van der Waals surface area (Å²) in [5.41, 5.74) is 1.34. The Morgan fingerprint density at radius 3 is 2.14 bits per heavy atom. The van der Waals surface area contributed by atoms with Gasteiger partial charge in [-0.3, -0.25) is 19.3 Å². The molecule has 3 amide bonds. The molecular weight excluding hydrogens is 376 g/mol. The third kappa shape index (κ3) is 4.67. The second-order valence-corrected chi connectivity index (χ2v) is 6.20. The Kier molecular flexibility index (Phi) is 6.36. The minimum absolute atomic E-state index is 0.158. The molecule has 1 aliphatic rings. The predicted molar refractivity (Wildman–Crippen MR) is 104 cm³/mol. The molecule has 0 aromatic heterocycles. The van der Waals surface area contributed by atoms with Crippen LogP contribution in [0, 0.1) is 0 Å². The Hall–Kier alpha value is -3.52. The number of hydrogen-bond acceptors (Lipinski definition) is 6. The lowest BCUT2D eigenvalue weighted by Crippen LogP contribution is -2.37. The average Bonchev–Trinajstić information content (AvgIpc) is 2.97. The lowest BCUT2D eigenvalue weighted by molar-refractivity contribution is -0.116. The normalized spacial score (nSPS) is 12.7. The van der Waals surface area contributed by atoms with Crippen LogP contribution in [0.4, 0.5) is 5.69 Å². The van der Waals surface area contributed by atoms with Crippen LogP contribution in [0.3, 0.4) is 0 Å². The second kappa shape index (κ2) is 9.11. The van der Waals surface area contributed by atoms with Crippen molar-refractivity contribution in [3.8, 4) is 0 Å². The van der Waals surface area contributed by atoms with Crippen molar-refractivity contribution in [2.75, 3.05) is 31.7 Å². The van der Waals surface area contributed by atoms with Crippen LogP contribution in [0.15, 0.2) is 48.5 Å². The third-order valence-corrected chi connectivity index (χ3v) is 4.25. The first-order valence-corrected chi connectivity index (χ1v) is 9.11. The van der Waals surface area contributed by atoms with E-state index in [0.717, 1.165) is 4.90 Å². The number of anilines is 1. The Morgan fingerprint density at radius 2 is 1.55 bits per heavy atom. The summed E-state index contributed by atoms with van der Waals surface area (Å²) in [6.07, 6.45) is 0. The Balaban J connectivity index is 1.54. The number of carbonyl (C=O) groups excluding carboxylic acids is 4. The van der Waals surface area contributed by atoms with Crippen molar-refractivity contribution in [3.63, 3.8) is 0 Å². The van der Waals surface area contributed by atoms with E-state index < -0.39 is 30.2 Å². The molecule has 0 atom stereocenters. The summed E-state index contributed by atoms with van der Waals surface area (Å²) in [6.45, 7) is 2.49. The number of nitrogens with zero attached hydrogens (tertiary/aromatic N) is 1. The molecule has 1 heterocycles. The van der Waals surface area contributed by atoms with Gasteiger partial charge in [-0.15, -0.1) is 0 Å². The monoisotopic (exact) mass is 396 g/mol. The summed E-state index contributed by atoms with van der Waals surface area (Å²) in [5, 5.41) is 2.61. The maximum absolute atomic E-state index is 12.3. The van der Waals surface area contributed by atoms with Gasteiger partial charge in [-0.25, -0.2) is 4.79 Å². The molecule has 1 aliphatic heterocycles. The molecule has 0 fully saturated rings. The first kappa shape index (κ1) is 20.2. The van der Waals surface area contributed by atoms with Gasteiger partial charge in [-0.1, -0.05) is 12.1 Å². The van der Waals surface area contributed by atoms with Crippen molar-refractivity contribution < 1.29 is 28.7 Å². The van der Waals surface area contributed by atoms with Crippen LogP contribution in [0.1, 0.15) is 38.0 Å². The maximum Gasteiger partial charge on any atom is 0.338 e. The highest BCUT2D eigenvalue weighted by atomic mass is 16.6. The Labute approximate surface area is 167 Å². The van der Waals surface area contributed by atoms with Crippen LogP contribution in [0.5, 0.6) is 0 Å². The van der Waals surface area contributed by atoms with Gasteiger partial charge in [0.05, 0.1) is 23.3 Å². The fourth-order valence-electron chi connectivity index (χ4n) is 2.84. The highest BCUT2D eigenvalue weighted by Crippen LogP contribution is 2.22. The van der Waals surface area contributed by atoms with E-state index in [-0.39, 0.29) is 17.7 Å². The summed E-state index contributed by atoms with van der Waals surface area (Å²) >= 11 is 0. The van der Waals surface area contributed by atoms with Crippen LogP contribution in [0.2, 0.25) is 0 Å². The van der Waals surface area contributed by atoms with Gasteiger partial charge >= 0.3 is 5.97 Å². The van der Waals surface area contributed by atoms with Gasteiger partial charge in [0.15, 0.2) is 0 Å². The van der Waals surface area contributed by atoms with Crippen LogP contribution in [0.25, 0.3) is 0 Å². The predicted octanol–water partition coefficient (Wildman–Crippen LogP) is 2.11. The van der Waals surface area contributed by atoms with Gasteiger partial charge in [-0.05, 0) is 43.3 Å². The van der Waals surface area contributed by atoms with E-state index in [1.807, 2.05) is 6.92 Å². The van der Waals surface area contributed by atoms with Crippen molar-refractivity contribution in [2.45, 2.75) is 6.92 Å². The van der Waals surface area contributed by atoms with Gasteiger partial charge in [0.1, 0.15) is 13.2 Å². The van der Waals surface area contributed by atoms with Crippen molar-refractivity contribution in [2.24, 2.45) is 0 Å². The molecule has 0 spiro atoms.